The van der Waals surface area contributed by atoms with Crippen molar-refractivity contribution < 1.29 is 5.11 Å². The molecule has 0 heterocycles. The van der Waals surface area contributed by atoms with E-state index < -0.39 is 5.92 Å². The van der Waals surface area contributed by atoms with Crippen molar-refractivity contribution in [3.8, 4) is 6.07 Å². The zero-order valence-corrected chi connectivity index (χ0v) is 8.04. The first-order chi connectivity index (χ1) is 6.19. The zero-order valence-electron chi connectivity index (χ0n) is 7.29. The molecule has 13 heavy (non-hydrogen) atoms. The molecule has 0 radical (unpaired) electrons. The highest BCUT2D eigenvalue weighted by Gasteiger charge is 2.11. The highest BCUT2D eigenvalue weighted by atomic mass is 35.5. The van der Waals surface area contributed by atoms with Gasteiger partial charge in [0.2, 0.25) is 0 Å². The van der Waals surface area contributed by atoms with Crippen molar-refractivity contribution in [2.75, 3.05) is 6.61 Å². The van der Waals surface area contributed by atoms with Crippen molar-refractivity contribution in [3.63, 3.8) is 0 Å². The molecule has 1 aromatic carbocycles. The Bertz CT molecular complexity index is 343. The summed E-state index contributed by atoms with van der Waals surface area (Å²) < 4.78 is 0. The molecule has 0 amide bonds. The average Bonchev–Trinajstić information content (AvgIpc) is 2.10. The van der Waals surface area contributed by atoms with E-state index in [1.54, 1.807) is 18.2 Å². The van der Waals surface area contributed by atoms with Gasteiger partial charge in [-0.3, -0.25) is 0 Å². The van der Waals surface area contributed by atoms with Gasteiger partial charge >= 0.3 is 0 Å². The quantitative estimate of drug-likeness (QED) is 0.787. The first kappa shape index (κ1) is 10.0. The van der Waals surface area contributed by atoms with Crippen LogP contribution in [0.25, 0.3) is 0 Å². The summed E-state index contributed by atoms with van der Waals surface area (Å²) in [6.07, 6.45) is 0. The van der Waals surface area contributed by atoms with Crippen LogP contribution in [0.2, 0.25) is 5.02 Å². The van der Waals surface area contributed by atoms with Gasteiger partial charge in [-0.15, -0.1) is 0 Å². The standard InChI is InChI=1S/C10H10ClNO/c1-7-4-9(11)2-3-10(7)8(5-12)6-13/h2-4,8,13H,6H2,1H3. The molecule has 0 bridgehead atoms. The predicted octanol–water partition coefficient (Wildman–Crippen LogP) is 2.25. The van der Waals surface area contributed by atoms with Gasteiger partial charge in [-0.1, -0.05) is 17.7 Å². The summed E-state index contributed by atoms with van der Waals surface area (Å²) in [5, 5.41) is 18.3. The first-order valence-electron chi connectivity index (χ1n) is 3.95. The highest BCUT2D eigenvalue weighted by Crippen LogP contribution is 2.22. The van der Waals surface area contributed by atoms with E-state index in [9.17, 15) is 0 Å². The van der Waals surface area contributed by atoms with Gasteiger partial charge in [0.1, 0.15) is 0 Å². The van der Waals surface area contributed by atoms with Gasteiger partial charge < -0.3 is 5.11 Å². The minimum absolute atomic E-state index is 0.154. The fraction of sp³-hybridized carbons (Fsp3) is 0.300. The Balaban J connectivity index is 3.09. The minimum Gasteiger partial charge on any atom is -0.395 e. The van der Waals surface area contributed by atoms with Crippen LogP contribution < -0.4 is 0 Å². The van der Waals surface area contributed by atoms with E-state index in [1.165, 1.54) is 0 Å². The third kappa shape index (κ3) is 2.21. The Labute approximate surface area is 82.4 Å². The van der Waals surface area contributed by atoms with Crippen LogP contribution in [0, 0.1) is 18.3 Å². The number of halogens is 1. The molecule has 0 aliphatic heterocycles. The second kappa shape index (κ2) is 4.27. The summed E-state index contributed by atoms with van der Waals surface area (Å²) in [4.78, 5) is 0. The van der Waals surface area contributed by atoms with E-state index in [0.29, 0.717) is 5.02 Å². The molecule has 0 saturated carbocycles. The second-order valence-electron chi connectivity index (χ2n) is 2.87. The Morgan fingerprint density at radius 2 is 2.31 bits per heavy atom. The summed E-state index contributed by atoms with van der Waals surface area (Å²) in [7, 11) is 0. The van der Waals surface area contributed by atoms with Gasteiger partial charge in [0.15, 0.2) is 0 Å². The molecule has 0 aliphatic carbocycles. The number of aliphatic hydroxyl groups is 1. The van der Waals surface area contributed by atoms with E-state index in [2.05, 4.69) is 0 Å². The molecule has 2 nitrogen and oxygen atoms in total. The molecular weight excluding hydrogens is 186 g/mol. The topological polar surface area (TPSA) is 44.0 Å². The Hall–Kier alpha value is -1.04. The number of benzene rings is 1. The van der Waals surface area contributed by atoms with E-state index >= 15 is 0 Å². The third-order valence-electron chi connectivity index (χ3n) is 1.95. The van der Waals surface area contributed by atoms with Gasteiger partial charge in [0.25, 0.3) is 0 Å². The maximum absolute atomic E-state index is 8.92. The molecule has 0 fully saturated rings. The lowest BCUT2D eigenvalue weighted by Gasteiger charge is -2.09. The molecule has 0 spiro atoms. The number of nitriles is 1. The summed E-state index contributed by atoms with van der Waals surface area (Å²) >= 11 is 5.76. The normalized spacial score (nSPS) is 12.2. The second-order valence-corrected chi connectivity index (χ2v) is 3.30. The SMILES string of the molecule is Cc1cc(Cl)ccc1C(C#N)CO. The van der Waals surface area contributed by atoms with Gasteiger partial charge in [-0.05, 0) is 30.2 Å². The van der Waals surface area contributed by atoms with Crippen molar-refractivity contribution >= 4 is 11.6 Å². The van der Waals surface area contributed by atoms with Crippen LogP contribution in [-0.4, -0.2) is 11.7 Å². The van der Waals surface area contributed by atoms with Gasteiger partial charge in [0, 0.05) is 5.02 Å². The molecule has 1 unspecified atom stereocenters. The molecule has 1 aromatic rings. The lowest BCUT2D eigenvalue weighted by atomic mass is 9.97. The monoisotopic (exact) mass is 195 g/mol. The summed E-state index contributed by atoms with van der Waals surface area (Å²) in [5.74, 6) is -0.447. The van der Waals surface area contributed by atoms with Crippen molar-refractivity contribution in [2.24, 2.45) is 0 Å². The predicted molar refractivity (Wildman–Crippen MR) is 51.6 cm³/mol. The molecule has 0 saturated heterocycles. The molecule has 0 aliphatic rings. The lowest BCUT2D eigenvalue weighted by molar-refractivity contribution is 0.285. The van der Waals surface area contributed by atoms with Gasteiger partial charge in [-0.25, -0.2) is 0 Å². The van der Waals surface area contributed by atoms with E-state index in [0.717, 1.165) is 11.1 Å². The van der Waals surface area contributed by atoms with Gasteiger partial charge in [-0.2, -0.15) is 5.26 Å². The van der Waals surface area contributed by atoms with E-state index in [-0.39, 0.29) is 6.61 Å². The van der Waals surface area contributed by atoms with Crippen LogP contribution in [0.1, 0.15) is 17.0 Å². The molecule has 0 aromatic heterocycles. The number of hydrogen-bond acceptors (Lipinski definition) is 2. The smallest absolute Gasteiger partial charge is 0.0946 e. The number of hydrogen-bond donors (Lipinski definition) is 1. The van der Waals surface area contributed by atoms with E-state index in [4.69, 9.17) is 22.0 Å². The van der Waals surface area contributed by atoms with Gasteiger partial charge in [0.05, 0.1) is 18.6 Å². The van der Waals surface area contributed by atoms with Crippen molar-refractivity contribution in [2.45, 2.75) is 12.8 Å². The Morgan fingerprint density at radius 3 is 2.77 bits per heavy atom. The first-order valence-corrected chi connectivity index (χ1v) is 4.33. The molecular formula is C10H10ClNO. The summed E-state index contributed by atoms with van der Waals surface area (Å²) in [6.45, 7) is 1.72. The summed E-state index contributed by atoms with van der Waals surface area (Å²) in [6, 6.07) is 7.33. The summed E-state index contributed by atoms with van der Waals surface area (Å²) in [5.41, 5.74) is 1.78. The maximum atomic E-state index is 8.92. The number of aryl methyl sites for hydroxylation is 1. The maximum Gasteiger partial charge on any atom is 0.0946 e. The molecule has 1 rings (SSSR count). The fourth-order valence-corrected chi connectivity index (χ4v) is 1.47. The number of aliphatic hydroxyl groups excluding tert-OH is 1. The minimum atomic E-state index is -0.447. The van der Waals surface area contributed by atoms with Crippen molar-refractivity contribution in [1.29, 1.82) is 5.26 Å². The van der Waals surface area contributed by atoms with Crippen LogP contribution in [0.5, 0.6) is 0 Å². The van der Waals surface area contributed by atoms with Crippen LogP contribution in [0.4, 0.5) is 0 Å². The number of nitrogens with zero attached hydrogens (tertiary/aromatic N) is 1. The Kier molecular flexibility index (Phi) is 3.30. The lowest BCUT2D eigenvalue weighted by Crippen LogP contribution is -2.02. The van der Waals surface area contributed by atoms with Crippen LogP contribution in [-0.2, 0) is 0 Å². The molecule has 3 heteroatoms. The third-order valence-corrected chi connectivity index (χ3v) is 2.18. The highest BCUT2D eigenvalue weighted by molar-refractivity contribution is 6.30. The van der Waals surface area contributed by atoms with Crippen LogP contribution in [0.15, 0.2) is 18.2 Å². The zero-order chi connectivity index (χ0) is 9.84. The average molecular weight is 196 g/mol. The van der Waals surface area contributed by atoms with Crippen LogP contribution >= 0.6 is 11.6 Å². The van der Waals surface area contributed by atoms with E-state index in [1.807, 2.05) is 13.0 Å². The van der Waals surface area contributed by atoms with Crippen LogP contribution in [0.3, 0.4) is 0 Å². The molecule has 1 atom stereocenters. The van der Waals surface area contributed by atoms with Crippen molar-refractivity contribution in [3.05, 3.63) is 34.3 Å². The number of rotatable bonds is 2. The fourth-order valence-electron chi connectivity index (χ4n) is 1.24. The van der Waals surface area contributed by atoms with Crippen molar-refractivity contribution in [1.82, 2.24) is 0 Å². The molecule has 68 valence electrons. The largest absolute Gasteiger partial charge is 0.395 e. The Morgan fingerprint density at radius 1 is 1.62 bits per heavy atom. The molecule has 1 N–H and O–H groups in total.